The van der Waals surface area contributed by atoms with Gasteiger partial charge >= 0.3 is 5.63 Å². The molecule has 4 nitrogen and oxygen atoms in total. The van der Waals surface area contributed by atoms with Gasteiger partial charge < -0.3 is 9.15 Å². The lowest BCUT2D eigenvalue weighted by Gasteiger charge is -2.30. The fourth-order valence-corrected chi connectivity index (χ4v) is 4.46. The normalized spacial score (nSPS) is 14.1. The minimum Gasteiger partial charge on any atom is -0.477 e. The summed E-state index contributed by atoms with van der Waals surface area (Å²) in [5.74, 6) is 0.829. The Balaban J connectivity index is 1.60. The van der Waals surface area contributed by atoms with Crippen LogP contribution in [0, 0.1) is 6.92 Å². The van der Waals surface area contributed by atoms with Crippen molar-refractivity contribution in [3.05, 3.63) is 73.1 Å². The molecule has 0 radical (unpaired) electrons. The first-order valence-electron chi connectivity index (χ1n) is 9.84. The van der Waals surface area contributed by atoms with E-state index in [4.69, 9.17) is 32.4 Å². The summed E-state index contributed by atoms with van der Waals surface area (Å²) in [5, 5.41) is 2.34. The summed E-state index contributed by atoms with van der Waals surface area (Å²) in [6.45, 7) is 6.16. The van der Waals surface area contributed by atoms with E-state index < -0.39 is 0 Å². The first-order chi connectivity index (χ1) is 14.0. The summed E-state index contributed by atoms with van der Waals surface area (Å²) in [5.41, 5.74) is 4.46. The van der Waals surface area contributed by atoms with Crippen LogP contribution in [0.5, 0.6) is 5.75 Å². The van der Waals surface area contributed by atoms with Crippen LogP contribution in [0.2, 0.25) is 10.0 Å². The monoisotopic (exact) mass is 431 g/mol. The minimum atomic E-state index is -0.304. The van der Waals surface area contributed by atoms with Crippen molar-refractivity contribution in [2.45, 2.75) is 39.7 Å². The van der Waals surface area contributed by atoms with Crippen LogP contribution < -0.4 is 10.4 Å². The molecule has 0 amide bonds. The van der Waals surface area contributed by atoms with E-state index in [0.717, 1.165) is 65.7 Å². The maximum absolute atomic E-state index is 12.0. The van der Waals surface area contributed by atoms with Gasteiger partial charge in [0.1, 0.15) is 18.1 Å². The molecule has 0 atom stereocenters. The number of nitrogens with zero attached hydrogens (tertiary/aromatic N) is 1. The molecule has 6 heteroatoms. The molecule has 0 saturated heterocycles. The third-order valence-electron chi connectivity index (χ3n) is 5.39. The molecule has 29 heavy (non-hydrogen) atoms. The highest BCUT2D eigenvalue weighted by Gasteiger charge is 2.23. The number of ether oxygens (including phenoxy) is 1. The fourth-order valence-electron chi connectivity index (χ4n) is 3.95. The number of hydrogen-bond acceptors (Lipinski definition) is 4. The minimum absolute atomic E-state index is 0.304. The van der Waals surface area contributed by atoms with Crippen molar-refractivity contribution in [1.29, 1.82) is 0 Å². The van der Waals surface area contributed by atoms with Crippen LogP contribution in [0.3, 0.4) is 0 Å². The Labute approximate surface area is 180 Å². The van der Waals surface area contributed by atoms with Crippen LogP contribution in [0.1, 0.15) is 35.6 Å². The van der Waals surface area contributed by atoms with Gasteiger partial charge in [0.15, 0.2) is 0 Å². The first-order valence-corrected chi connectivity index (χ1v) is 10.6. The number of benzene rings is 2. The molecule has 3 aromatic rings. The first kappa shape index (κ1) is 20.3. The maximum Gasteiger partial charge on any atom is 0.336 e. The van der Waals surface area contributed by atoms with E-state index in [9.17, 15) is 4.79 Å². The second kappa shape index (κ2) is 8.39. The molecule has 0 bridgehead atoms. The van der Waals surface area contributed by atoms with Gasteiger partial charge in [0.25, 0.3) is 0 Å². The summed E-state index contributed by atoms with van der Waals surface area (Å²) in [4.78, 5) is 14.2. The van der Waals surface area contributed by atoms with Crippen molar-refractivity contribution >= 4 is 34.2 Å². The number of rotatable bonds is 5. The van der Waals surface area contributed by atoms with Gasteiger partial charge in [0, 0.05) is 45.7 Å². The van der Waals surface area contributed by atoms with E-state index in [0.29, 0.717) is 22.4 Å². The second-order valence-electron chi connectivity index (χ2n) is 7.52. The van der Waals surface area contributed by atoms with Gasteiger partial charge in [-0.05, 0) is 49.1 Å². The van der Waals surface area contributed by atoms with Crippen molar-refractivity contribution < 1.29 is 9.15 Å². The topological polar surface area (TPSA) is 42.7 Å². The smallest absolute Gasteiger partial charge is 0.336 e. The Hall–Kier alpha value is -2.01. The van der Waals surface area contributed by atoms with Gasteiger partial charge in [-0.1, -0.05) is 42.6 Å². The molecule has 0 N–H and O–H groups in total. The maximum atomic E-state index is 12.0. The zero-order valence-electron chi connectivity index (χ0n) is 16.6. The molecule has 0 aliphatic carbocycles. The van der Waals surface area contributed by atoms with E-state index in [2.05, 4.69) is 17.9 Å². The average molecular weight is 432 g/mol. The summed E-state index contributed by atoms with van der Waals surface area (Å²) >= 11 is 12.3. The van der Waals surface area contributed by atoms with Crippen molar-refractivity contribution in [2.24, 2.45) is 0 Å². The summed E-state index contributed by atoms with van der Waals surface area (Å²) in [6, 6.07) is 9.34. The third-order valence-corrected chi connectivity index (χ3v) is 5.98. The molecular formula is C23H23Cl2NO3. The fraction of sp³-hybridized carbons (Fsp3) is 0.348. The van der Waals surface area contributed by atoms with Crippen molar-refractivity contribution in [2.75, 3.05) is 13.3 Å². The molecule has 1 aliphatic heterocycles. The Bertz CT molecular complexity index is 1120. The molecule has 0 saturated carbocycles. The molecule has 0 spiro atoms. The van der Waals surface area contributed by atoms with E-state index in [-0.39, 0.29) is 5.63 Å². The molecule has 1 aromatic heterocycles. The standard InChI is InChI=1S/C23H23Cl2NO3/c1-3-4-16-10-21(27)29-23-14(2)22-17(9-19(16)23)12-26(13-28-22)8-7-15-5-6-18(24)11-20(15)25/h5-6,9-11H,3-4,7-8,12-13H2,1-2H3. The predicted molar refractivity (Wildman–Crippen MR) is 117 cm³/mol. The molecule has 2 heterocycles. The third kappa shape index (κ3) is 4.16. The van der Waals surface area contributed by atoms with Crippen LogP contribution in [-0.2, 0) is 19.4 Å². The van der Waals surface area contributed by atoms with Crippen LogP contribution in [-0.4, -0.2) is 18.2 Å². The van der Waals surface area contributed by atoms with Crippen molar-refractivity contribution in [3.8, 4) is 5.75 Å². The molecule has 4 rings (SSSR count). The molecule has 0 fully saturated rings. The zero-order valence-corrected chi connectivity index (χ0v) is 18.1. The second-order valence-corrected chi connectivity index (χ2v) is 8.36. The van der Waals surface area contributed by atoms with Gasteiger partial charge in [0.2, 0.25) is 0 Å². The largest absolute Gasteiger partial charge is 0.477 e. The van der Waals surface area contributed by atoms with E-state index >= 15 is 0 Å². The number of hydrogen-bond donors (Lipinski definition) is 0. The van der Waals surface area contributed by atoms with Crippen LogP contribution in [0.4, 0.5) is 0 Å². The highest BCUT2D eigenvalue weighted by atomic mass is 35.5. The average Bonchev–Trinajstić information content (AvgIpc) is 2.68. The lowest BCUT2D eigenvalue weighted by atomic mass is 9.98. The molecule has 152 valence electrons. The number of fused-ring (bicyclic) bond motifs is 2. The Morgan fingerprint density at radius 1 is 1.10 bits per heavy atom. The van der Waals surface area contributed by atoms with Crippen molar-refractivity contribution in [3.63, 3.8) is 0 Å². The van der Waals surface area contributed by atoms with Gasteiger partial charge in [-0.25, -0.2) is 4.79 Å². The quantitative estimate of drug-likeness (QED) is 0.481. The predicted octanol–water partition coefficient (Wildman–Crippen LogP) is 5.76. The van der Waals surface area contributed by atoms with Crippen LogP contribution in [0.25, 0.3) is 11.0 Å². The van der Waals surface area contributed by atoms with E-state index in [1.54, 1.807) is 12.1 Å². The zero-order chi connectivity index (χ0) is 20.5. The Morgan fingerprint density at radius 2 is 1.93 bits per heavy atom. The lowest BCUT2D eigenvalue weighted by molar-refractivity contribution is 0.0959. The van der Waals surface area contributed by atoms with Gasteiger partial charge in [-0.2, -0.15) is 0 Å². The highest BCUT2D eigenvalue weighted by Crippen LogP contribution is 2.36. The van der Waals surface area contributed by atoms with Crippen LogP contribution in [0.15, 0.2) is 39.5 Å². The SMILES string of the molecule is CCCc1cc(=O)oc2c(C)c3c(cc12)CN(CCc1ccc(Cl)cc1Cl)CO3. The summed E-state index contributed by atoms with van der Waals surface area (Å²) in [7, 11) is 0. The molecule has 1 aliphatic rings. The highest BCUT2D eigenvalue weighted by molar-refractivity contribution is 6.35. The lowest BCUT2D eigenvalue weighted by Crippen LogP contribution is -2.34. The molecular weight excluding hydrogens is 409 g/mol. The Morgan fingerprint density at radius 3 is 2.69 bits per heavy atom. The van der Waals surface area contributed by atoms with E-state index in [1.165, 1.54) is 0 Å². The number of halogens is 2. The molecule has 2 aromatic carbocycles. The Kier molecular flexibility index (Phi) is 5.86. The van der Waals surface area contributed by atoms with E-state index in [1.807, 2.05) is 19.1 Å². The number of aryl methyl sites for hydroxylation is 2. The molecule has 0 unspecified atom stereocenters. The van der Waals surface area contributed by atoms with Crippen LogP contribution >= 0.6 is 23.2 Å². The van der Waals surface area contributed by atoms with Gasteiger partial charge in [-0.3, -0.25) is 4.90 Å². The summed E-state index contributed by atoms with van der Waals surface area (Å²) in [6.07, 6.45) is 2.64. The van der Waals surface area contributed by atoms with Crippen molar-refractivity contribution in [1.82, 2.24) is 4.90 Å². The van der Waals surface area contributed by atoms with Gasteiger partial charge in [-0.15, -0.1) is 0 Å². The van der Waals surface area contributed by atoms with Gasteiger partial charge in [0.05, 0.1) is 0 Å². The summed E-state index contributed by atoms with van der Waals surface area (Å²) < 4.78 is 11.6.